The summed E-state index contributed by atoms with van der Waals surface area (Å²) >= 11 is 0. The van der Waals surface area contributed by atoms with Crippen LogP contribution >= 0.6 is 0 Å². The number of aromatic nitrogens is 1. The fraction of sp³-hybridized carbons (Fsp3) is 0.143. The number of hydrogen-bond donors (Lipinski definition) is 0. The van der Waals surface area contributed by atoms with E-state index in [0.717, 1.165) is 0 Å². The summed E-state index contributed by atoms with van der Waals surface area (Å²) in [5.41, 5.74) is -2.00. The molecule has 0 aliphatic rings. The first-order valence-corrected chi connectivity index (χ1v) is 3.55. The summed E-state index contributed by atoms with van der Waals surface area (Å²) in [6.07, 6.45) is -3.34. The van der Waals surface area contributed by atoms with Gasteiger partial charge in [-0.25, -0.2) is 8.78 Å². The van der Waals surface area contributed by atoms with Gasteiger partial charge in [0.05, 0.1) is 0 Å². The molecule has 80 valence electrons. The molecule has 5 nitrogen and oxygen atoms in total. The van der Waals surface area contributed by atoms with Crippen LogP contribution in [0, 0.1) is 16.1 Å². The molecule has 0 spiro atoms. The normalized spacial score (nSPS) is 10.4. The fourth-order valence-electron chi connectivity index (χ4n) is 0.920. The van der Waals surface area contributed by atoms with E-state index in [4.69, 9.17) is 0 Å². The number of carbonyl (C=O) groups is 1. The van der Waals surface area contributed by atoms with Crippen molar-refractivity contribution in [3.63, 3.8) is 0 Å². The summed E-state index contributed by atoms with van der Waals surface area (Å²) < 4.78 is 37.4. The van der Waals surface area contributed by atoms with E-state index in [1.54, 1.807) is 0 Å². The van der Waals surface area contributed by atoms with Crippen molar-refractivity contribution in [3.8, 4) is 0 Å². The summed E-state index contributed by atoms with van der Waals surface area (Å²) in [6, 6.07) is 0.372. The Labute approximate surface area is 80.7 Å². The second-order valence-corrected chi connectivity index (χ2v) is 2.45. The summed E-state index contributed by atoms with van der Waals surface area (Å²) in [5.74, 6) is -2.64. The van der Waals surface area contributed by atoms with E-state index in [2.05, 4.69) is 4.98 Å². The van der Waals surface area contributed by atoms with Crippen molar-refractivity contribution in [2.45, 2.75) is 6.43 Å². The van der Waals surface area contributed by atoms with E-state index >= 15 is 0 Å². The van der Waals surface area contributed by atoms with Gasteiger partial charge in [0.2, 0.25) is 0 Å². The van der Waals surface area contributed by atoms with E-state index in [-0.39, 0.29) is 6.29 Å². The second-order valence-electron chi connectivity index (χ2n) is 2.45. The van der Waals surface area contributed by atoms with Gasteiger partial charge < -0.3 is 10.1 Å². The highest BCUT2D eigenvalue weighted by atomic mass is 19.3. The highest BCUT2D eigenvalue weighted by Gasteiger charge is 2.25. The smallest absolute Gasteiger partial charge is 0.358 e. The predicted octanol–water partition coefficient (Wildman–Crippen LogP) is 1.88. The zero-order valence-corrected chi connectivity index (χ0v) is 6.99. The van der Waals surface area contributed by atoms with Gasteiger partial charge >= 0.3 is 11.8 Å². The molecule has 0 amide bonds. The van der Waals surface area contributed by atoms with Gasteiger partial charge in [-0.05, 0) is 9.91 Å². The van der Waals surface area contributed by atoms with Gasteiger partial charge in [0.25, 0.3) is 6.43 Å². The molecule has 0 saturated carbocycles. The van der Waals surface area contributed by atoms with Crippen molar-refractivity contribution in [2.75, 3.05) is 0 Å². The van der Waals surface area contributed by atoms with Gasteiger partial charge in [-0.15, -0.1) is 0 Å². The maximum Gasteiger partial charge on any atom is 0.367 e. The number of rotatable bonds is 3. The molecule has 0 unspecified atom stereocenters. The van der Waals surface area contributed by atoms with Crippen LogP contribution in [0.5, 0.6) is 0 Å². The van der Waals surface area contributed by atoms with Crippen LogP contribution in [0.4, 0.5) is 19.0 Å². The lowest BCUT2D eigenvalue weighted by Gasteiger charge is -2.01. The molecule has 1 heterocycles. The van der Waals surface area contributed by atoms with Gasteiger partial charge in [0.15, 0.2) is 6.29 Å². The fourth-order valence-corrected chi connectivity index (χ4v) is 0.920. The minimum atomic E-state index is -3.18. The first-order valence-electron chi connectivity index (χ1n) is 3.55. The molecular weight excluding hydrogens is 217 g/mol. The summed E-state index contributed by atoms with van der Waals surface area (Å²) in [7, 11) is 0. The van der Waals surface area contributed by atoms with E-state index < -0.39 is 34.2 Å². The molecule has 8 heteroatoms. The highest BCUT2D eigenvalue weighted by molar-refractivity contribution is 5.77. The maximum atomic E-state index is 12.9. The predicted molar refractivity (Wildman–Crippen MR) is 41.2 cm³/mol. The number of aldehydes is 1. The Morgan fingerprint density at radius 3 is 2.53 bits per heavy atom. The summed E-state index contributed by atoms with van der Waals surface area (Å²) in [5, 5.41) is 10.2. The highest BCUT2D eigenvalue weighted by Crippen LogP contribution is 2.26. The lowest BCUT2D eigenvalue weighted by molar-refractivity contribution is -0.390. The van der Waals surface area contributed by atoms with Crippen LogP contribution in [-0.2, 0) is 0 Å². The second kappa shape index (κ2) is 4.03. The molecule has 0 aliphatic heterocycles. The van der Waals surface area contributed by atoms with Crippen molar-refractivity contribution in [1.29, 1.82) is 0 Å². The minimum Gasteiger partial charge on any atom is -0.358 e. The number of carbonyl (C=O) groups excluding carboxylic acids is 1. The quantitative estimate of drug-likeness (QED) is 0.337. The molecular formula is C7H3F3N2O3. The average molecular weight is 220 g/mol. The lowest BCUT2D eigenvalue weighted by atomic mass is 10.1. The molecule has 0 saturated heterocycles. The number of nitro groups is 1. The number of alkyl halides is 2. The largest absolute Gasteiger partial charge is 0.367 e. The Morgan fingerprint density at radius 1 is 1.53 bits per heavy atom. The Morgan fingerprint density at radius 2 is 2.13 bits per heavy atom. The molecule has 1 rings (SSSR count). The minimum absolute atomic E-state index is 0.159. The van der Waals surface area contributed by atoms with Gasteiger partial charge in [0, 0.05) is 11.6 Å². The van der Waals surface area contributed by atoms with Gasteiger partial charge in [-0.1, -0.05) is 0 Å². The van der Waals surface area contributed by atoms with Crippen LogP contribution in [-0.4, -0.2) is 16.2 Å². The Kier molecular flexibility index (Phi) is 2.98. The SMILES string of the molecule is O=Cc1c(C(F)F)cc([N+](=O)[O-])nc1F. The molecule has 0 bridgehead atoms. The number of halogens is 3. The van der Waals surface area contributed by atoms with E-state index in [1.807, 2.05) is 0 Å². The van der Waals surface area contributed by atoms with Crippen molar-refractivity contribution in [1.82, 2.24) is 4.98 Å². The van der Waals surface area contributed by atoms with Crippen LogP contribution in [0.3, 0.4) is 0 Å². The summed E-state index contributed by atoms with van der Waals surface area (Å²) in [6.45, 7) is 0. The molecule has 15 heavy (non-hydrogen) atoms. The molecule has 0 N–H and O–H groups in total. The molecule has 0 fully saturated rings. The number of pyridine rings is 1. The van der Waals surface area contributed by atoms with Crippen LogP contribution in [0.25, 0.3) is 0 Å². The maximum absolute atomic E-state index is 12.9. The van der Waals surface area contributed by atoms with Crippen molar-refractivity contribution >= 4 is 12.1 Å². The Bertz CT molecular complexity index is 422. The molecule has 0 aromatic carbocycles. The monoisotopic (exact) mass is 220 g/mol. The van der Waals surface area contributed by atoms with Crippen LogP contribution in [0.15, 0.2) is 6.07 Å². The van der Waals surface area contributed by atoms with Crippen LogP contribution in [0.1, 0.15) is 22.3 Å². The zero-order chi connectivity index (χ0) is 11.6. The van der Waals surface area contributed by atoms with Crippen LogP contribution < -0.4 is 0 Å². The lowest BCUT2D eigenvalue weighted by Crippen LogP contribution is -2.04. The molecule has 0 aliphatic carbocycles. The van der Waals surface area contributed by atoms with E-state index in [0.29, 0.717) is 6.07 Å². The third kappa shape index (κ3) is 2.09. The van der Waals surface area contributed by atoms with Gasteiger partial charge in [-0.3, -0.25) is 4.79 Å². The van der Waals surface area contributed by atoms with Crippen molar-refractivity contribution < 1.29 is 22.9 Å². The first kappa shape index (κ1) is 11.1. The van der Waals surface area contributed by atoms with Crippen LogP contribution in [0.2, 0.25) is 0 Å². The molecule has 0 atom stereocenters. The third-order valence-corrected chi connectivity index (χ3v) is 1.57. The zero-order valence-electron chi connectivity index (χ0n) is 6.99. The molecule has 1 aromatic rings. The molecule has 0 radical (unpaired) electrons. The first-order chi connectivity index (χ1) is 6.97. The Balaban J connectivity index is 3.45. The van der Waals surface area contributed by atoms with Crippen molar-refractivity contribution in [3.05, 3.63) is 33.3 Å². The van der Waals surface area contributed by atoms with E-state index in [1.165, 1.54) is 0 Å². The van der Waals surface area contributed by atoms with E-state index in [9.17, 15) is 28.1 Å². The number of hydrogen-bond acceptors (Lipinski definition) is 4. The van der Waals surface area contributed by atoms with Crippen molar-refractivity contribution in [2.24, 2.45) is 0 Å². The summed E-state index contributed by atoms with van der Waals surface area (Å²) in [4.78, 5) is 22.1. The average Bonchev–Trinajstić information content (AvgIpc) is 2.16. The standard InChI is InChI=1S/C7H3F3N2O3/c8-6(9)3-1-5(12(14)15)11-7(10)4(3)2-13/h1-2,6H. The van der Waals surface area contributed by atoms with Gasteiger partial charge in [-0.2, -0.15) is 4.39 Å². The number of nitrogens with zero attached hydrogens (tertiary/aromatic N) is 2. The third-order valence-electron chi connectivity index (χ3n) is 1.57. The van der Waals surface area contributed by atoms with Gasteiger partial charge in [0.1, 0.15) is 5.56 Å². The topological polar surface area (TPSA) is 73.1 Å². The molecule has 1 aromatic heterocycles. The Hall–Kier alpha value is -1.99.